The van der Waals surface area contributed by atoms with E-state index in [-0.39, 0.29) is 24.9 Å². The first-order chi connectivity index (χ1) is 9.40. The summed E-state index contributed by atoms with van der Waals surface area (Å²) in [4.78, 5) is 37.2. The number of hydrogen-bond acceptors (Lipinski definition) is 4. The van der Waals surface area contributed by atoms with Crippen LogP contribution in [0.4, 0.5) is 0 Å². The van der Waals surface area contributed by atoms with E-state index >= 15 is 0 Å². The molecule has 0 spiro atoms. The van der Waals surface area contributed by atoms with Crippen molar-refractivity contribution in [3.05, 3.63) is 5.53 Å². The summed E-state index contributed by atoms with van der Waals surface area (Å²) < 4.78 is 5.04. The van der Waals surface area contributed by atoms with Crippen LogP contribution in [-0.4, -0.2) is 40.8 Å². The molecule has 0 aliphatic carbocycles. The second kappa shape index (κ2) is 9.86. The molecule has 0 rings (SSSR count). The van der Waals surface area contributed by atoms with Gasteiger partial charge in [-0.3, -0.25) is 9.59 Å². The van der Waals surface area contributed by atoms with Crippen LogP contribution in [0.15, 0.2) is 0 Å². The highest BCUT2D eigenvalue weighted by atomic mass is 16.5. The fraction of sp³-hybridized carbons (Fsp3) is 0.692. The standard InChI is InChI=1S/C13H21N3O4/c1-4-5-12(18)16-11(13(19)20-9(2)3)7-6-10(17)8-15-14/h8-9,11H,4-7H2,1-3H3,(H,16,18)/t11-/m0/s1. The third kappa shape index (κ3) is 8.16. The third-order valence-corrected chi connectivity index (χ3v) is 2.33. The minimum Gasteiger partial charge on any atom is -0.461 e. The lowest BCUT2D eigenvalue weighted by atomic mass is 10.1. The Kier molecular flexibility index (Phi) is 8.87. The van der Waals surface area contributed by atoms with Gasteiger partial charge in [-0.15, -0.1) is 0 Å². The van der Waals surface area contributed by atoms with Gasteiger partial charge in [-0.25, -0.2) is 4.79 Å². The van der Waals surface area contributed by atoms with E-state index in [0.717, 1.165) is 6.21 Å². The van der Waals surface area contributed by atoms with Crippen molar-refractivity contribution in [2.24, 2.45) is 0 Å². The zero-order valence-corrected chi connectivity index (χ0v) is 12.1. The van der Waals surface area contributed by atoms with Gasteiger partial charge >= 0.3 is 12.2 Å². The molecule has 0 aromatic heterocycles. The highest BCUT2D eigenvalue weighted by Crippen LogP contribution is 2.04. The van der Waals surface area contributed by atoms with Gasteiger partial charge in [0.05, 0.1) is 6.10 Å². The van der Waals surface area contributed by atoms with Crippen LogP contribution in [0.2, 0.25) is 0 Å². The van der Waals surface area contributed by atoms with Gasteiger partial charge in [0.15, 0.2) is 0 Å². The zero-order valence-electron chi connectivity index (χ0n) is 12.1. The number of nitrogens with zero attached hydrogens (tertiary/aromatic N) is 2. The summed E-state index contributed by atoms with van der Waals surface area (Å²) in [5.41, 5.74) is 8.23. The van der Waals surface area contributed by atoms with Crippen LogP contribution in [0.3, 0.4) is 0 Å². The molecule has 20 heavy (non-hydrogen) atoms. The van der Waals surface area contributed by atoms with Gasteiger partial charge in [0, 0.05) is 12.8 Å². The summed E-state index contributed by atoms with van der Waals surface area (Å²) in [6.07, 6.45) is 1.51. The quantitative estimate of drug-likeness (QED) is 0.293. The number of rotatable bonds is 9. The Morgan fingerprint density at radius 2 is 1.95 bits per heavy atom. The predicted molar refractivity (Wildman–Crippen MR) is 72.0 cm³/mol. The number of amides is 1. The second-order valence-electron chi connectivity index (χ2n) is 4.61. The molecular weight excluding hydrogens is 262 g/mol. The highest BCUT2D eigenvalue weighted by molar-refractivity contribution is 6.25. The normalized spacial score (nSPS) is 11.4. The van der Waals surface area contributed by atoms with E-state index in [1.807, 2.05) is 6.92 Å². The molecule has 0 bridgehead atoms. The van der Waals surface area contributed by atoms with Gasteiger partial charge in [0.25, 0.3) is 0 Å². The number of ether oxygens (including phenoxy) is 1. The molecule has 112 valence electrons. The predicted octanol–water partition coefficient (Wildman–Crippen LogP) is 0.873. The Bertz CT molecular complexity index is 400. The van der Waals surface area contributed by atoms with E-state index in [4.69, 9.17) is 10.3 Å². The summed E-state index contributed by atoms with van der Waals surface area (Å²) in [6, 6.07) is -0.868. The van der Waals surface area contributed by atoms with Gasteiger partial charge in [0.2, 0.25) is 11.7 Å². The van der Waals surface area contributed by atoms with Gasteiger partial charge in [0.1, 0.15) is 6.04 Å². The van der Waals surface area contributed by atoms with Crippen molar-refractivity contribution in [2.75, 3.05) is 0 Å². The van der Waals surface area contributed by atoms with Gasteiger partial charge in [-0.05, 0) is 26.7 Å². The SMILES string of the molecule is CCCC(=O)N[C@@H](CCC(=O)C=[N+]=[N-])C(=O)OC(C)C. The summed E-state index contributed by atoms with van der Waals surface area (Å²) >= 11 is 0. The average Bonchev–Trinajstić information content (AvgIpc) is 2.34. The third-order valence-electron chi connectivity index (χ3n) is 2.33. The summed E-state index contributed by atoms with van der Waals surface area (Å²) in [6.45, 7) is 5.25. The summed E-state index contributed by atoms with van der Waals surface area (Å²) in [7, 11) is 0. The van der Waals surface area contributed by atoms with Crippen molar-refractivity contribution < 1.29 is 23.9 Å². The van der Waals surface area contributed by atoms with Gasteiger partial charge in [-0.2, -0.15) is 4.79 Å². The first-order valence-electron chi connectivity index (χ1n) is 6.60. The lowest BCUT2D eigenvalue weighted by molar-refractivity contribution is -0.151. The molecule has 0 aromatic carbocycles. The molecule has 0 aliphatic rings. The Morgan fingerprint density at radius 1 is 1.30 bits per heavy atom. The molecule has 0 unspecified atom stereocenters. The number of carbonyl (C=O) groups is 3. The highest BCUT2D eigenvalue weighted by Gasteiger charge is 2.24. The van der Waals surface area contributed by atoms with Crippen LogP contribution in [0, 0.1) is 0 Å². The number of Topliss-reactive ketones (excluding diaryl/α,β-unsaturated/α-hetero) is 1. The Morgan fingerprint density at radius 3 is 2.45 bits per heavy atom. The fourth-order valence-electron chi connectivity index (χ4n) is 1.47. The number of hydrogen-bond donors (Lipinski definition) is 1. The van der Waals surface area contributed by atoms with Crippen LogP contribution in [0.1, 0.15) is 46.5 Å². The van der Waals surface area contributed by atoms with Gasteiger partial charge in [-0.1, -0.05) is 6.92 Å². The van der Waals surface area contributed by atoms with E-state index in [2.05, 4.69) is 10.1 Å². The van der Waals surface area contributed by atoms with Crippen molar-refractivity contribution in [3.63, 3.8) is 0 Å². The Hall–Kier alpha value is -2.01. The molecule has 0 heterocycles. The topological polar surface area (TPSA) is 109 Å². The second-order valence-corrected chi connectivity index (χ2v) is 4.61. The minimum atomic E-state index is -0.868. The molecule has 0 aliphatic heterocycles. The van der Waals surface area contributed by atoms with Crippen molar-refractivity contribution >= 4 is 23.9 Å². The van der Waals surface area contributed by atoms with Crippen LogP contribution in [0.5, 0.6) is 0 Å². The van der Waals surface area contributed by atoms with Crippen LogP contribution >= 0.6 is 0 Å². The first kappa shape index (κ1) is 18.0. The maximum Gasteiger partial charge on any atom is 0.328 e. The maximum atomic E-state index is 11.8. The average molecular weight is 283 g/mol. The zero-order chi connectivity index (χ0) is 15.5. The molecule has 1 atom stereocenters. The smallest absolute Gasteiger partial charge is 0.328 e. The van der Waals surface area contributed by atoms with Crippen molar-refractivity contribution in [3.8, 4) is 0 Å². The van der Waals surface area contributed by atoms with E-state index in [1.54, 1.807) is 13.8 Å². The number of esters is 1. The number of ketones is 1. The Labute approximate surface area is 118 Å². The minimum absolute atomic E-state index is 0.0195. The van der Waals surface area contributed by atoms with Crippen molar-refractivity contribution in [1.29, 1.82) is 0 Å². The molecule has 0 fully saturated rings. The number of nitrogens with one attached hydrogen (secondary N) is 1. The first-order valence-corrected chi connectivity index (χ1v) is 6.60. The Balaban J connectivity index is 4.60. The maximum absolute atomic E-state index is 11.8. The van der Waals surface area contributed by atoms with Crippen LogP contribution < -0.4 is 5.32 Å². The van der Waals surface area contributed by atoms with E-state index in [1.165, 1.54) is 0 Å². The van der Waals surface area contributed by atoms with Crippen LogP contribution in [0.25, 0.3) is 5.53 Å². The van der Waals surface area contributed by atoms with E-state index in [9.17, 15) is 14.4 Å². The van der Waals surface area contributed by atoms with Gasteiger partial charge < -0.3 is 15.6 Å². The molecule has 0 saturated heterocycles. The lowest BCUT2D eigenvalue weighted by Crippen LogP contribution is -2.42. The number of carbonyl (C=O) groups excluding carboxylic acids is 3. The van der Waals surface area contributed by atoms with Crippen molar-refractivity contribution in [1.82, 2.24) is 5.32 Å². The lowest BCUT2D eigenvalue weighted by Gasteiger charge is -2.18. The molecule has 0 aromatic rings. The molecule has 0 radical (unpaired) electrons. The fourth-order valence-corrected chi connectivity index (χ4v) is 1.47. The molecule has 1 N–H and O–H groups in total. The summed E-state index contributed by atoms with van der Waals surface area (Å²) in [5, 5.41) is 2.55. The molecule has 7 nitrogen and oxygen atoms in total. The van der Waals surface area contributed by atoms with E-state index < -0.39 is 17.8 Å². The summed E-state index contributed by atoms with van der Waals surface area (Å²) in [5.74, 6) is -1.26. The van der Waals surface area contributed by atoms with E-state index in [0.29, 0.717) is 12.8 Å². The van der Waals surface area contributed by atoms with Crippen LogP contribution in [-0.2, 0) is 19.1 Å². The van der Waals surface area contributed by atoms with Crippen molar-refractivity contribution in [2.45, 2.75) is 58.6 Å². The molecule has 7 heteroatoms. The largest absolute Gasteiger partial charge is 0.461 e. The molecule has 0 saturated carbocycles. The molecule has 1 amide bonds. The monoisotopic (exact) mass is 283 g/mol. The molecular formula is C13H21N3O4.